The highest BCUT2D eigenvalue weighted by Crippen LogP contribution is 2.34. The van der Waals surface area contributed by atoms with Gasteiger partial charge in [0.2, 0.25) is 0 Å². The van der Waals surface area contributed by atoms with Gasteiger partial charge in [-0.1, -0.05) is 289 Å². The van der Waals surface area contributed by atoms with Gasteiger partial charge in [0.05, 0.1) is 0 Å². The van der Waals surface area contributed by atoms with Crippen LogP contribution in [0.4, 0.5) is 0 Å². The first kappa shape index (κ1) is 54.6. The van der Waals surface area contributed by atoms with Crippen molar-refractivity contribution in [3.63, 3.8) is 0 Å². The zero-order chi connectivity index (χ0) is 43.0. The number of hydrogen-bond donors (Lipinski definition) is 0. The second-order valence-corrected chi connectivity index (χ2v) is 19.8. The Morgan fingerprint density at radius 3 is 1.10 bits per heavy atom. The third kappa shape index (κ3) is 27.5. The molecule has 60 heavy (non-hydrogen) atoms. The number of unbranched alkanes of at least 4 members (excludes halogenated alkanes) is 31. The maximum Gasteiger partial charge on any atom is -0.00202 e. The minimum absolute atomic E-state index is 0.825. The van der Waals surface area contributed by atoms with E-state index in [0.29, 0.717) is 0 Å². The Bertz CT molecular complexity index is 1190. The molecule has 0 bridgehead atoms. The minimum Gasteiger partial charge on any atom is -0.0654 e. The van der Waals surface area contributed by atoms with Crippen molar-refractivity contribution in [2.75, 3.05) is 0 Å². The van der Waals surface area contributed by atoms with Crippen LogP contribution in [0.2, 0.25) is 0 Å². The fourth-order valence-electron chi connectivity index (χ4n) is 10.2. The van der Waals surface area contributed by atoms with Crippen LogP contribution in [0.5, 0.6) is 0 Å². The Morgan fingerprint density at radius 1 is 0.333 bits per heavy atom. The van der Waals surface area contributed by atoms with Crippen molar-refractivity contribution >= 4 is 0 Å². The van der Waals surface area contributed by atoms with E-state index in [1.807, 2.05) is 11.1 Å². The molecule has 0 amide bonds. The molecule has 0 N–H and O–H groups in total. The van der Waals surface area contributed by atoms with Crippen LogP contribution >= 0.6 is 0 Å². The van der Waals surface area contributed by atoms with Gasteiger partial charge in [-0.2, -0.15) is 0 Å². The van der Waals surface area contributed by atoms with Crippen molar-refractivity contribution in [3.05, 3.63) is 69.8 Å². The predicted octanol–water partition coefficient (Wildman–Crippen LogP) is 20.6. The van der Waals surface area contributed by atoms with Crippen LogP contribution < -0.4 is 0 Å². The van der Waals surface area contributed by atoms with Crippen molar-refractivity contribution in [1.82, 2.24) is 0 Å². The first-order valence-corrected chi connectivity index (χ1v) is 27.9. The van der Waals surface area contributed by atoms with Gasteiger partial charge < -0.3 is 0 Å². The minimum atomic E-state index is 0.825. The van der Waals surface area contributed by atoms with Crippen molar-refractivity contribution < 1.29 is 0 Å². The molecule has 346 valence electrons. The Labute approximate surface area is 378 Å². The molecule has 0 saturated heterocycles. The average molecular weight is 828 g/mol. The van der Waals surface area contributed by atoms with Crippen molar-refractivity contribution in [1.29, 1.82) is 0 Å². The number of rotatable bonds is 44. The quantitative estimate of drug-likeness (QED) is 0.0584. The first-order valence-electron chi connectivity index (χ1n) is 27.9. The summed E-state index contributed by atoms with van der Waals surface area (Å²) in [5.41, 5.74) is 10.4. The van der Waals surface area contributed by atoms with E-state index in [9.17, 15) is 0 Å². The van der Waals surface area contributed by atoms with Crippen LogP contribution in [0.25, 0.3) is 0 Å². The first-order chi connectivity index (χ1) is 29.7. The second-order valence-electron chi connectivity index (χ2n) is 19.8. The summed E-state index contributed by atoms with van der Waals surface area (Å²) in [7, 11) is 0. The van der Waals surface area contributed by atoms with Crippen LogP contribution in [0.15, 0.2) is 36.4 Å². The van der Waals surface area contributed by atoms with Crippen LogP contribution in [0, 0.1) is 5.92 Å². The van der Waals surface area contributed by atoms with E-state index in [1.54, 1.807) is 16.7 Å². The fraction of sp³-hybridized carbons (Fsp3) is 0.800. The Kier molecular flexibility index (Phi) is 36.6. The molecule has 2 rings (SSSR count). The highest BCUT2D eigenvalue weighted by molar-refractivity contribution is 5.49. The summed E-state index contributed by atoms with van der Waals surface area (Å²) in [5.74, 6) is 0.825. The van der Waals surface area contributed by atoms with E-state index in [4.69, 9.17) is 0 Å². The molecule has 0 aliphatic rings. The fourth-order valence-corrected chi connectivity index (χ4v) is 10.2. The summed E-state index contributed by atoms with van der Waals surface area (Å²) in [6, 6.07) is 14.4. The standard InChI is InChI=1S/C60H106/c1-6-11-15-18-21-23-25-26-27-28-29-30-32-35-38-44-50-59-58(49-43-37-34-31-24-22-19-16-12-7-2)57(51-54(10-5)45-14-9-4)53-56(48-42-36-33-20-17-13-8-3)60(59)52-55-46-40-39-41-47-55/h39-41,46-47,53-54H,6-38,42-45,48-52H2,1-5H3. The molecule has 0 heteroatoms. The molecule has 0 aromatic heterocycles. The summed E-state index contributed by atoms with van der Waals surface area (Å²) < 4.78 is 0. The van der Waals surface area contributed by atoms with Crippen molar-refractivity contribution in [2.24, 2.45) is 5.92 Å². The van der Waals surface area contributed by atoms with Crippen LogP contribution in [-0.2, 0) is 32.1 Å². The molecule has 0 radical (unpaired) electrons. The van der Waals surface area contributed by atoms with Crippen molar-refractivity contribution in [3.8, 4) is 0 Å². The second kappa shape index (κ2) is 40.2. The molecule has 0 heterocycles. The Hall–Kier alpha value is -1.56. The van der Waals surface area contributed by atoms with Gasteiger partial charge in [-0.3, -0.25) is 0 Å². The van der Waals surface area contributed by atoms with Gasteiger partial charge in [-0.05, 0) is 90.7 Å². The number of benzene rings is 2. The normalized spacial score (nSPS) is 12.2. The molecule has 0 fully saturated rings. The van der Waals surface area contributed by atoms with E-state index in [1.165, 1.54) is 269 Å². The van der Waals surface area contributed by atoms with E-state index >= 15 is 0 Å². The molecule has 0 aliphatic heterocycles. The molecule has 0 aliphatic carbocycles. The monoisotopic (exact) mass is 827 g/mol. The van der Waals surface area contributed by atoms with E-state index in [2.05, 4.69) is 71.0 Å². The SMILES string of the molecule is CCCCCCCCCCCCCCCCCCc1c(CCCCCCCCCCCC)c(CC(CC)CCCC)cc(CCCCCCCCC)c1Cc1ccccc1. The molecule has 2 aromatic rings. The summed E-state index contributed by atoms with van der Waals surface area (Å²) >= 11 is 0. The van der Waals surface area contributed by atoms with Gasteiger partial charge in [0, 0.05) is 0 Å². The summed E-state index contributed by atoms with van der Waals surface area (Å²) in [4.78, 5) is 0. The van der Waals surface area contributed by atoms with Gasteiger partial charge >= 0.3 is 0 Å². The lowest BCUT2D eigenvalue weighted by molar-refractivity contribution is 0.447. The van der Waals surface area contributed by atoms with Crippen molar-refractivity contribution in [2.45, 2.75) is 304 Å². The van der Waals surface area contributed by atoms with Crippen LogP contribution in [0.1, 0.15) is 306 Å². The van der Waals surface area contributed by atoms with E-state index in [-0.39, 0.29) is 0 Å². The largest absolute Gasteiger partial charge is 0.0654 e. The third-order valence-corrected chi connectivity index (χ3v) is 14.2. The predicted molar refractivity (Wildman–Crippen MR) is 273 cm³/mol. The van der Waals surface area contributed by atoms with E-state index < -0.39 is 0 Å². The number of hydrogen-bond acceptors (Lipinski definition) is 0. The zero-order valence-corrected chi connectivity index (χ0v) is 41.7. The lowest BCUT2D eigenvalue weighted by Crippen LogP contribution is -2.13. The summed E-state index contributed by atoms with van der Waals surface area (Å²) in [6.07, 6.45) is 58.9. The summed E-state index contributed by atoms with van der Waals surface area (Å²) in [6.45, 7) is 11.9. The van der Waals surface area contributed by atoms with Gasteiger partial charge in [-0.25, -0.2) is 0 Å². The molecule has 0 spiro atoms. The van der Waals surface area contributed by atoms with Crippen LogP contribution in [-0.4, -0.2) is 0 Å². The van der Waals surface area contributed by atoms with Gasteiger partial charge in [0.15, 0.2) is 0 Å². The average Bonchev–Trinajstić information content (AvgIpc) is 3.27. The maximum atomic E-state index is 2.81. The van der Waals surface area contributed by atoms with E-state index in [0.717, 1.165) is 12.3 Å². The third-order valence-electron chi connectivity index (χ3n) is 14.2. The van der Waals surface area contributed by atoms with Crippen LogP contribution in [0.3, 0.4) is 0 Å². The maximum absolute atomic E-state index is 2.81. The topological polar surface area (TPSA) is 0 Å². The molecule has 1 unspecified atom stereocenters. The lowest BCUT2D eigenvalue weighted by Gasteiger charge is -2.26. The Morgan fingerprint density at radius 2 is 0.700 bits per heavy atom. The molecule has 0 saturated carbocycles. The van der Waals surface area contributed by atoms with Gasteiger partial charge in [0.25, 0.3) is 0 Å². The molecule has 0 nitrogen and oxygen atoms in total. The zero-order valence-electron chi connectivity index (χ0n) is 41.7. The lowest BCUT2D eigenvalue weighted by atomic mass is 9.79. The molecular weight excluding hydrogens is 721 g/mol. The highest BCUT2D eigenvalue weighted by atomic mass is 14.3. The number of aryl methyl sites for hydroxylation is 1. The van der Waals surface area contributed by atoms with Gasteiger partial charge in [0.1, 0.15) is 0 Å². The van der Waals surface area contributed by atoms with Gasteiger partial charge in [-0.15, -0.1) is 0 Å². The molecule has 1 atom stereocenters. The summed E-state index contributed by atoms with van der Waals surface area (Å²) in [5, 5.41) is 0. The smallest absolute Gasteiger partial charge is 0.00202 e. The highest BCUT2D eigenvalue weighted by Gasteiger charge is 2.20. The Balaban J connectivity index is 2.21. The molecular formula is C60H106. The molecule has 2 aromatic carbocycles.